The van der Waals surface area contributed by atoms with Gasteiger partial charge < -0.3 is 14.8 Å². The lowest BCUT2D eigenvalue weighted by Crippen LogP contribution is -2.23. The first-order chi connectivity index (χ1) is 11.2. The third-order valence-electron chi connectivity index (χ3n) is 3.62. The van der Waals surface area contributed by atoms with E-state index < -0.39 is 0 Å². The Morgan fingerprint density at radius 3 is 3.17 bits per heavy atom. The Morgan fingerprint density at radius 1 is 1.52 bits per heavy atom. The predicted octanol–water partition coefficient (Wildman–Crippen LogP) is 2.94. The quantitative estimate of drug-likeness (QED) is 0.883. The highest BCUT2D eigenvalue weighted by Crippen LogP contribution is 2.17. The van der Waals surface area contributed by atoms with Crippen molar-refractivity contribution >= 4 is 17.2 Å². The molecule has 1 N–H and O–H groups in total. The van der Waals surface area contributed by atoms with E-state index in [1.54, 1.807) is 23.5 Å². The Kier molecular flexibility index (Phi) is 5.25. The van der Waals surface area contributed by atoms with Crippen molar-refractivity contribution in [3.05, 3.63) is 45.9 Å². The van der Waals surface area contributed by atoms with E-state index in [9.17, 15) is 4.79 Å². The molecule has 122 valence electrons. The van der Waals surface area contributed by atoms with Crippen LogP contribution in [0.5, 0.6) is 5.75 Å². The van der Waals surface area contributed by atoms with Gasteiger partial charge in [0.15, 0.2) is 0 Å². The molecule has 1 aromatic heterocycles. The van der Waals surface area contributed by atoms with Crippen molar-refractivity contribution < 1.29 is 14.3 Å². The molecule has 1 aliphatic rings. The number of carbonyl (C=O) groups is 1. The summed E-state index contributed by atoms with van der Waals surface area (Å²) < 4.78 is 11.3. The van der Waals surface area contributed by atoms with Gasteiger partial charge in [0, 0.05) is 23.2 Å². The van der Waals surface area contributed by atoms with Crippen molar-refractivity contribution in [3.8, 4) is 5.75 Å². The summed E-state index contributed by atoms with van der Waals surface area (Å²) in [6, 6.07) is 7.22. The van der Waals surface area contributed by atoms with Crippen LogP contribution in [0.3, 0.4) is 0 Å². The van der Waals surface area contributed by atoms with Crippen molar-refractivity contribution in [1.29, 1.82) is 0 Å². The number of carbonyl (C=O) groups excluding carboxylic acids is 1. The van der Waals surface area contributed by atoms with Crippen LogP contribution in [0.4, 0.5) is 0 Å². The minimum Gasteiger partial charge on any atom is -0.491 e. The maximum absolute atomic E-state index is 12.2. The van der Waals surface area contributed by atoms with Gasteiger partial charge in [-0.3, -0.25) is 4.79 Å². The highest BCUT2D eigenvalue weighted by Gasteiger charge is 2.16. The Morgan fingerprint density at radius 2 is 2.43 bits per heavy atom. The van der Waals surface area contributed by atoms with E-state index in [2.05, 4.69) is 10.3 Å². The molecule has 6 heteroatoms. The molecule has 2 aromatic rings. The van der Waals surface area contributed by atoms with Gasteiger partial charge >= 0.3 is 0 Å². The topological polar surface area (TPSA) is 60.5 Å². The number of hydrogen-bond donors (Lipinski definition) is 1. The molecule has 5 nitrogen and oxygen atoms in total. The zero-order valence-electron chi connectivity index (χ0n) is 13.1. The summed E-state index contributed by atoms with van der Waals surface area (Å²) in [7, 11) is 0. The van der Waals surface area contributed by atoms with Crippen molar-refractivity contribution in [3.63, 3.8) is 0 Å². The van der Waals surface area contributed by atoms with E-state index in [4.69, 9.17) is 9.47 Å². The second-order valence-electron chi connectivity index (χ2n) is 5.54. The number of ether oxygens (including phenoxy) is 2. The summed E-state index contributed by atoms with van der Waals surface area (Å²) in [5.41, 5.74) is 1.56. The number of rotatable bonds is 6. The molecule has 0 saturated carbocycles. The molecule has 3 rings (SSSR count). The van der Waals surface area contributed by atoms with Crippen LogP contribution in [0.2, 0.25) is 0 Å². The van der Waals surface area contributed by atoms with Gasteiger partial charge in [0.25, 0.3) is 5.91 Å². The zero-order chi connectivity index (χ0) is 16.1. The molecule has 2 heterocycles. The summed E-state index contributed by atoms with van der Waals surface area (Å²) in [6.07, 6.45) is 2.29. The van der Waals surface area contributed by atoms with Gasteiger partial charge in [-0.25, -0.2) is 4.98 Å². The number of nitrogens with zero attached hydrogens (tertiary/aromatic N) is 1. The fourth-order valence-corrected chi connectivity index (χ4v) is 3.15. The van der Waals surface area contributed by atoms with Gasteiger partial charge in [-0.1, -0.05) is 6.07 Å². The fourth-order valence-electron chi connectivity index (χ4n) is 2.43. The van der Waals surface area contributed by atoms with E-state index in [-0.39, 0.29) is 12.0 Å². The first kappa shape index (κ1) is 16.0. The minimum atomic E-state index is -0.125. The van der Waals surface area contributed by atoms with Crippen molar-refractivity contribution in [2.24, 2.45) is 0 Å². The number of nitrogens with one attached hydrogen (secondary N) is 1. The van der Waals surface area contributed by atoms with Crippen LogP contribution in [-0.2, 0) is 11.3 Å². The smallest absolute Gasteiger partial charge is 0.251 e. The zero-order valence-corrected chi connectivity index (χ0v) is 13.9. The van der Waals surface area contributed by atoms with Gasteiger partial charge in [-0.15, -0.1) is 11.3 Å². The highest BCUT2D eigenvalue weighted by molar-refractivity contribution is 7.09. The van der Waals surface area contributed by atoms with Crippen LogP contribution in [0.15, 0.2) is 29.6 Å². The molecule has 1 saturated heterocycles. The average molecular weight is 332 g/mol. The van der Waals surface area contributed by atoms with E-state index in [0.717, 1.165) is 30.2 Å². The molecule has 0 unspecified atom stereocenters. The van der Waals surface area contributed by atoms with Crippen molar-refractivity contribution in [2.75, 3.05) is 13.2 Å². The lowest BCUT2D eigenvalue weighted by molar-refractivity contribution is 0.0679. The third-order valence-corrected chi connectivity index (χ3v) is 4.59. The van der Waals surface area contributed by atoms with Crippen LogP contribution in [-0.4, -0.2) is 30.2 Å². The largest absolute Gasteiger partial charge is 0.491 e. The molecule has 0 bridgehead atoms. The van der Waals surface area contributed by atoms with Crippen LogP contribution in [0.25, 0.3) is 0 Å². The van der Waals surface area contributed by atoms with Crippen molar-refractivity contribution in [2.45, 2.75) is 32.4 Å². The average Bonchev–Trinajstić information content (AvgIpc) is 3.22. The molecule has 1 atom stereocenters. The summed E-state index contributed by atoms with van der Waals surface area (Å²) in [5, 5.41) is 5.76. The molecule has 0 spiro atoms. The van der Waals surface area contributed by atoms with Gasteiger partial charge in [0.2, 0.25) is 0 Å². The number of hydrogen-bond acceptors (Lipinski definition) is 5. The fraction of sp³-hybridized carbons (Fsp3) is 0.412. The maximum atomic E-state index is 12.2. The molecular formula is C17H20N2O3S. The van der Waals surface area contributed by atoms with Crippen LogP contribution in [0, 0.1) is 6.92 Å². The molecule has 1 fully saturated rings. The summed E-state index contributed by atoms with van der Waals surface area (Å²) in [6.45, 7) is 3.73. The van der Waals surface area contributed by atoms with Crippen LogP contribution in [0.1, 0.15) is 33.9 Å². The Hall–Kier alpha value is -1.92. The maximum Gasteiger partial charge on any atom is 0.251 e. The second kappa shape index (κ2) is 7.57. The monoisotopic (exact) mass is 332 g/mol. The summed E-state index contributed by atoms with van der Waals surface area (Å²) >= 11 is 1.55. The van der Waals surface area contributed by atoms with Crippen LogP contribution >= 0.6 is 11.3 Å². The number of aryl methyl sites for hydroxylation is 1. The summed E-state index contributed by atoms with van der Waals surface area (Å²) in [4.78, 5) is 16.6. The normalized spacial score (nSPS) is 17.2. The molecule has 0 aliphatic carbocycles. The molecular weight excluding hydrogens is 312 g/mol. The molecule has 0 radical (unpaired) electrons. The Labute approximate surface area is 139 Å². The van der Waals surface area contributed by atoms with Gasteiger partial charge in [-0.2, -0.15) is 0 Å². The van der Waals surface area contributed by atoms with E-state index in [0.29, 0.717) is 24.5 Å². The van der Waals surface area contributed by atoms with E-state index >= 15 is 0 Å². The third kappa shape index (κ3) is 4.53. The first-order valence-corrected chi connectivity index (χ1v) is 8.62. The van der Waals surface area contributed by atoms with Crippen molar-refractivity contribution in [1.82, 2.24) is 10.3 Å². The first-order valence-electron chi connectivity index (χ1n) is 7.74. The Balaban J connectivity index is 1.54. The molecule has 1 aliphatic heterocycles. The number of thiazole rings is 1. The van der Waals surface area contributed by atoms with Crippen LogP contribution < -0.4 is 10.1 Å². The minimum absolute atomic E-state index is 0.125. The van der Waals surface area contributed by atoms with Gasteiger partial charge in [0.05, 0.1) is 12.6 Å². The lowest BCUT2D eigenvalue weighted by Gasteiger charge is -2.12. The number of aromatic nitrogens is 1. The predicted molar refractivity (Wildman–Crippen MR) is 88.9 cm³/mol. The Bertz CT molecular complexity index is 665. The van der Waals surface area contributed by atoms with E-state index in [1.807, 2.05) is 24.4 Å². The standard InChI is InChI=1S/C17H20N2O3S/c1-12-11-23-16(19-12)9-18-17(20)13-4-2-5-14(8-13)22-10-15-6-3-7-21-15/h2,4-5,8,11,15H,3,6-7,9-10H2,1H3,(H,18,20)/t15-/m0/s1. The highest BCUT2D eigenvalue weighted by atomic mass is 32.1. The number of benzene rings is 1. The second-order valence-corrected chi connectivity index (χ2v) is 6.48. The van der Waals surface area contributed by atoms with Gasteiger partial charge in [-0.05, 0) is 38.0 Å². The van der Waals surface area contributed by atoms with E-state index in [1.165, 1.54) is 0 Å². The SMILES string of the molecule is Cc1csc(CNC(=O)c2cccc(OC[C@@H]3CCCO3)c2)n1. The molecule has 23 heavy (non-hydrogen) atoms. The lowest BCUT2D eigenvalue weighted by atomic mass is 10.2. The summed E-state index contributed by atoms with van der Waals surface area (Å²) in [5.74, 6) is 0.568. The van der Waals surface area contributed by atoms with Gasteiger partial charge in [0.1, 0.15) is 17.4 Å². The number of amides is 1. The molecule has 1 amide bonds. The molecule has 1 aromatic carbocycles.